The van der Waals surface area contributed by atoms with Crippen molar-refractivity contribution in [1.29, 1.82) is 0 Å². The third kappa shape index (κ3) is 4.27. The standard InChI is InChI=1S/C15H16FN3O3S/c1-19(2)17-15(20)11-7-9-12(10-8-11)23(21,22)18-14-6-4-3-5-13(14)16/h3-10,18H,1-2H3,(H,17,20). The summed E-state index contributed by atoms with van der Waals surface area (Å²) in [7, 11) is -0.610. The average Bonchev–Trinajstić information content (AvgIpc) is 2.49. The normalized spacial score (nSPS) is 11.3. The molecule has 6 nitrogen and oxygen atoms in total. The fourth-order valence-corrected chi connectivity index (χ4v) is 2.87. The first-order chi connectivity index (χ1) is 10.8. The maximum Gasteiger partial charge on any atom is 0.265 e. The van der Waals surface area contributed by atoms with E-state index in [-0.39, 0.29) is 16.5 Å². The van der Waals surface area contributed by atoms with E-state index in [4.69, 9.17) is 0 Å². The van der Waals surface area contributed by atoms with Gasteiger partial charge < -0.3 is 0 Å². The molecule has 0 aliphatic carbocycles. The van der Waals surface area contributed by atoms with Crippen molar-refractivity contribution in [1.82, 2.24) is 10.4 Å². The Labute approximate surface area is 134 Å². The molecule has 122 valence electrons. The number of rotatable bonds is 5. The molecule has 2 aromatic carbocycles. The van der Waals surface area contributed by atoms with Gasteiger partial charge in [-0.3, -0.25) is 14.9 Å². The zero-order valence-corrected chi connectivity index (χ0v) is 13.4. The summed E-state index contributed by atoms with van der Waals surface area (Å²) in [5, 5.41) is 1.48. The van der Waals surface area contributed by atoms with Gasteiger partial charge in [0.1, 0.15) is 5.82 Å². The third-order valence-corrected chi connectivity index (χ3v) is 4.25. The molecule has 8 heteroatoms. The molecule has 0 aromatic heterocycles. The minimum Gasteiger partial charge on any atom is -0.285 e. The number of para-hydroxylation sites is 1. The monoisotopic (exact) mass is 337 g/mol. The number of sulfonamides is 1. The maximum absolute atomic E-state index is 13.5. The molecule has 0 spiro atoms. The zero-order chi connectivity index (χ0) is 17.0. The number of nitrogens with one attached hydrogen (secondary N) is 2. The summed E-state index contributed by atoms with van der Waals surface area (Å²) in [6.07, 6.45) is 0. The highest BCUT2D eigenvalue weighted by atomic mass is 32.2. The summed E-state index contributed by atoms with van der Waals surface area (Å²) in [5.74, 6) is -1.03. The van der Waals surface area contributed by atoms with Crippen molar-refractivity contribution in [3.8, 4) is 0 Å². The van der Waals surface area contributed by atoms with Crippen LogP contribution in [0.1, 0.15) is 10.4 Å². The zero-order valence-electron chi connectivity index (χ0n) is 12.6. The summed E-state index contributed by atoms with van der Waals surface area (Å²) in [5.41, 5.74) is 2.72. The Bertz CT molecular complexity index is 805. The number of halogens is 1. The van der Waals surface area contributed by atoms with Crippen molar-refractivity contribution in [2.75, 3.05) is 18.8 Å². The molecule has 0 heterocycles. The van der Waals surface area contributed by atoms with Gasteiger partial charge in [0.2, 0.25) is 0 Å². The molecule has 0 radical (unpaired) electrons. The maximum atomic E-state index is 13.5. The number of nitrogens with zero attached hydrogens (tertiary/aromatic N) is 1. The van der Waals surface area contributed by atoms with Crippen LogP contribution >= 0.6 is 0 Å². The van der Waals surface area contributed by atoms with Crippen molar-refractivity contribution in [3.63, 3.8) is 0 Å². The summed E-state index contributed by atoms with van der Waals surface area (Å²) in [4.78, 5) is 11.7. The van der Waals surface area contributed by atoms with Gasteiger partial charge in [-0.05, 0) is 36.4 Å². The molecule has 23 heavy (non-hydrogen) atoms. The molecule has 0 fully saturated rings. The van der Waals surface area contributed by atoms with Gasteiger partial charge in [0, 0.05) is 19.7 Å². The van der Waals surface area contributed by atoms with E-state index in [1.165, 1.54) is 47.5 Å². The average molecular weight is 337 g/mol. The lowest BCUT2D eigenvalue weighted by Gasteiger charge is -2.12. The third-order valence-electron chi connectivity index (χ3n) is 2.87. The van der Waals surface area contributed by atoms with E-state index in [2.05, 4.69) is 10.1 Å². The summed E-state index contributed by atoms with van der Waals surface area (Å²) in [6, 6.07) is 10.8. The first-order valence-electron chi connectivity index (χ1n) is 6.65. The quantitative estimate of drug-likeness (QED) is 0.816. The lowest BCUT2D eigenvalue weighted by molar-refractivity contribution is 0.0857. The second-order valence-electron chi connectivity index (χ2n) is 4.95. The Hall–Kier alpha value is -2.45. The van der Waals surface area contributed by atoms with Crippen LogP contribution in [0.15, 0.2) is 53.4 Å². The van der Waals surface area contributed by atoms with Gasteiger partial charge in [-0.1, -0.05) is 12.1 Å². The van der Waals surface area contributed by atoms with Gasteiger partial charge in [0.15, 0.2) is 0 Å². The van der Waals surface area contributed by atoms with Crippen LogP contribution in [0.2, 0.25) is 0 Å². The van der Waals surface area contributed by atoms with E-state index >= 15 is 0 Å². The summed E-state index contributed by atoms with van der Waals surface area (Å²) < 4.78 is 40.2. The minimum absolute atomic E-state index is 0.0674. The van der Waals surface area contributed by atoms with E-state index < -0.39 is 15.8 Å². The van der Waals surface area contributed by atoms with Crippen LogP contribution in [-0.4, -0.2) is 33.4 Å². The van der Waals surface area contributed by atoms with Crippen molar-refractivity contribution in [2.45, 2.75) is 4.90 Å². The van der Waals surface area contributed by atoms with Gasteiger partial charge in [0.25, 0.3) is 15.9 Å². The van der Waals surface area contributed by atoms with Crippen molar-refractivity contribution in [3.05, 3.63) is 59.9 Å². The second kappa shape index (κ2) is 6.76. The number of amides is 1. The lowest BCUT2D eigenvalue weighted by atomic mass is 10.2. The molecule has 0 atom stereocenters. The van der Waals surface area contributed by atoms with Crippen LogP contribution in [-0.2, 0) is 10.0 Å². The van der Waals surface area contributed by atoms with E-state index in [0.717, 1.165) is 6.07 Å². The fraction of sp³-hybridized carbons (Fsp3) is 0.133. The van der Waals surface area contributed by atoms with Gasteiger partial charge in [-0.15, -0.1) is 0 Å². The number of benzene rings is 2. The van der Waals surface area contributed by atoms with Gasteiger partial charge >= 0.3 is 0 Å². The highest BCUT2D eigenvalue weighted by Gasteiger charge is 2.17. The Balaban J connectivity index is 2.21. The number of carbonyl (C=O) groups excluding carboxylic acids is 1. The molecule has 2 rings (SSSR count). The Kier molecular flexibility index (Phi) is 4.97. The number of carbonyl (C=O) groups is 1. The predicted molar refractivity (Wildman–Crippen MR) is 84.8 cm³/mol. The van der Waals surface area contributed by atoms with Crippen LogP contribution in [0.25, 0.3) is 0 Å². The first kappa shape index (κ1) is 16.9. The van der Waals surface area contributed by atoms with Crippen LogP contribution < -0.4 is 10.1 Å². The fourth-order valence-electron chi connectivity index (χ4n) is 1.80. The molecule has 0 aliphatic rings. The lowest BCUT2D eigenvalue weighted by Crippen LogP contribution is -2.36. The number of anilines is 1. The Morgan fingerprint density at radius 3 is 2.22 bits per heavy atom. The highest BCUT2D eigenvalue weighted by Crippen LogP contribution is 2.19. The topological polar surface area (TPSA) is 78.5 Å². The highest BCUT2D eigenvalue weighted by molar-refractivity contribution is 7.92. The van der Waals surface area contributed by atoms with E-state index in [9.17, 15) is 17.6 Å². The first-order valence-corrected chi connectivity index (χ1v) is 8.13. The molecule has 0 bridgehead atoms. The van der Waals surface area contributed by atoms with E-state index in [1.54, 1.807) is 14.1 Å². The van der Waals surface area contributed by atoms with Crippen LogP contribution in [0, 0.1) is 5.82 Å². The molecule has 0 unspecified atom stereocenters. The Morgan fingerprint density at radius 2 is 1.65 bits per heavy atom. The SMILES string of the molecule is CN(C)NC(=O)c1ccc(S(=O)(=O)Nc2ccccc2F)cc1. The van der Waals surface area contributed by atoms with Crippen LogP contribution in [0.5, 0.6) is 0 Å². The molecule has 0 aliphatic heterocycles. The second-order valence-corrected chi connectivity index (χ2v) is 6.63. The van der Waals surface area contributed by atoms with Crippen molar-refractivity contribution >= 4 is 21.6 Å². The van der Waals surface area contributed by atoms with Gasteiger partial charge in [-0.25, -0.2) is 17.8 Å². The molecular weight excluding hydrogens is 321 g/mol. The molecular formula is C15H16FN3O3S. The number of hydrogen-bond acceptors (Lipinski definition) is 4. The number of hydrazine groups is 1. The molecule has 0 saturated carbocycles. The van der Waals surface area contributed by atoms with Gasteiger partial charge in [-0.2, -0.15) is 0 Å². The van der Waals surface area contributed by atoms with E-state index in [0.29, 0.717) is 5.56 Å². The molecule has 1 amide bonds. The van der Waals surface area contributed by atoms with Crippen LogP contribution in [0.3, 0.4) is 0 Å². The molecule has 2 aromatic rings. The van der Waals surface area contributed by atoms with Crippen molar-refractivity contribution in [2.24, 2.45) is 0 Å². The smallest absolute Gasteiger partial charge is 0.265 e. The van der Waals surface area contributed by atoms with Gasteiger partial charge in [0.05, 0.1) is 10.6 Å². The summed E-state index contributed by atoms with van der Waals surface area (Å²) >= 11 is 0. The molecule has 0 saturated heterocycles. The number of hydrogen-bond donors (Lipinski definition) is 2. The predicted octanol–water partition coefficient (Wildman–Crippen LogP) is 1.83. The minimum atomic E-state index is -3.93. The largest absolute Gasteiger partial charge is 0.285 e. The van der Waals surface area contributed by atoms with E-state index in [1.807, 2.05) is 0 Å². The molecule has 2 N–H and O–H groups in total. The van der Waals surface area contributed by atoms with Crippen molar-refractivity contribution < 1.29 is 17.6 Å². The summed E-state index contributed by atoms with van der Waals surface area (Å²) in [6.45, 7) is 0. The Morgan fingerprint density at radius 1 is 1.04 bits per heavy atom. The van der Waals surface area contributed by atoms with Crippen LogP contribution in [0.4, 0.5) is 10.1 Å².